The lowest BCUT2D eigenvalue weighted by molar-refractivity contribution is -0.122. The molecule has 0 fully saturated rings. The van der Waals surface area contributed by atoms with Gasteiger partial charge in [0, 0.05) is 22.0 Å². The summed E-state index contributed by atoms with van der Waals surface area (Å²) in [6.45, 7) is 0.355. The minimum Gasteiger partial charge on any atom is -0.336 e. The molecule has 3 aromatic rings. The van der Waals surface area contributed by atoms with E-state index in [2.05, 4.69) is 16.0 Å². The fourth-order valence-corrected chi connectivity index (χ4v) is 3.29. The lowest BCUT2D eigenvalue weighted by atomic mass is 10.0. The van der Waals surface area contributed by atoms with Gasteiger partial charge in [0.1, 0.15) is 12.6 Å². The number of nitrogens with one attached hydrogen (secondary N) is 4. The van der Waals surface area contributed by atoms with Crippen LogP contribution >= 0.6 is 11.6 Å². The van der Waals surface area contributed by atoms with Crippen LogP contribution in [-0.4, -0.2) is 30.6 Å². The number of anilines is 2. The van der Waals surface area contributed by atoms with Crippen molar-refractivity contribution in [1.29, 1.82) is 0 Å². The molecule has 7 nitrogen and oxygen atoms in total. The zero-order chi connectivity index (χ0) is 26.3. The van der Waals surface area contributed by atoms with Gasteiger partial charge in [-0.05, 0) is 54.4 Å². The first-order valence-electron chi connectivity index (χ1n) is 10.7. The van der Waals surface area contributed by atoms with Gasteiger partial charge in [-0.25, -0.2) is 4.79 Å². The SMILES string of the molecule is Cc1ccc(NC(=O)C(NC(=O)c2ccc(NC(=O)NCC(F)(F)F)cc2)c2ccccc2)cc1Cl. The average molecular weight is 519 g/mol. The summed E-state index contributed by atoms with van der Waals surface area (Å²) in [6.07, 6.45) is -4.54. The molecule has 0 aliphatic carbocycles. The lowest BCUT2D eigenvalue weighted by Crippen LogP contribution is -2.37. The second-order valence-electron chi connectivity index (χ2n) is 7.77. The average Bonchev–Trinajstić information content (AvgIpc) is 2.84. The molecule has 0 saturated carbocycles. The van der Waals surface area contributed by atoms with Crippen molar-refractivity contribution in [1.82, 2.24) is 10.6 Å². The molecule has 0 aliphatic heterocycles. The maximum Gasteiger partial charge on any atom is 0.405 e. The van der Waals surface area contributed by atoms with Gasteiger partial charge in [0.2, 0.25) is 0 Å². The number of hydrogen-bond donors (Lipinski definition) is 4. The quantitative estimate of drug-likeness (QED) is 0.335. The number of carbonyl (C=O) groups is 3. The number of urea groups is 1. The highest BCUT2D eigenvalue weighted by Gasteiger charge is 2.28. The summed E-state index contributed by atoms with van der Waals surface area (Å²) in [5.74, 6) is -1.07. The van der Waals surface area contributed by atoms with Crippen molar-refractivity contribution in [2.24, 2.45) is 0 Å². The maximum atomic E-state index is 13.1. The largest absolute Gasteiger partial charge is 0.405 e. The van der Waals surface area contributed by atoms with Crippen LogP contribution in [0.5, 0.6) is 0 Å². The van der Waals surface area contributed by atoms with Gasteiger partial charge in [0.05, 0.1) is 0 Å². The molecule has 4 amide bonds. The number of hydrogen-bond acceptors (Lipinski definition) is 3. The van der Waals surface area contributed by atoms with Crippen LogP contribution in [0.25, 0.3) is 0 Å². The van der Waals surface area contributed by atoms with E-state index in [1.54, 1.807) is 53.8 Å². The molecule has 3 aromatic carbocycles. The van der Waals surface area contributed by atoms with E-state index in [4.69, 9.17) is 11.6 Å². The molecular formula is C25H22ClF3N4O3. The second kappa shape index (κ2) is 11.6. The van der Waals surface area contributed by atoms with Crippen LogP contribution < -0.4 is 21.3 Å². The van der Waals surface area contributed by atoms with Gasteiger partial charge in [0.25, 0.3) is 11.8 Å². The molecule has 1 unspecified atom stereocenters. The number of benzene rings is 3. The Kier molecular flexibility index (Phi) is 8.55. The predicted molar refractivity (Wildman–Crippen MR) is 131 cm³/mol. The Morgan fingerprint density at radius 1 is 0.889 bits per heavy atom. The van der Waals surface area contributed by atoms with Crippen LogP contribution in [0.2, 0.25) is 5.02 Å². The first-order valence-corrected chi connectivity index (χ1v) is 11.0. The van der Waals surface area contributed by atoms with Gasteiger partial charge in [-0.3, -0.25) is 9.59 Å². The summed E-state index contributed by atoms with van der Waals surface area (Å²) in [5.41, 5.74) is 2.20. The summed E-state index contributed by atoms with van der Waals surface area (Å²) in [6, 6.07) is 17.1. The van der Waals surface area contributed by atoms with Gasteiger partial charge in [-0.2, -0.15) is 13.2 Å². The number of aryl methyl sites for hydroxylation is 1. The molecule has 0 aromatic heterocycles. The van der Waals surface area contributed by atoms with Crippen LogP contribution in [0.4, 0.5) is 29.3 Å². The van der Waals surface area contributed by atoms with Gasteiger partial charge < -0.3 is 21.3 Å². The van der Waals surface area contributed by atoms with Crippen molar-refractivity contribution >= 4 is 40.8 Å². The summed E-state index contributed by atoms with van der Waals surface area (Å²) < 4.78 is 36.6. The molecule has 36 heavy (non-hydrogen) atoms. The topological polar surface area (TPSA) is 99.3 Å². The van der Waals surface area contributed by atoms with Crippen LogP contribution in [0, 0.1) is 6.92 Å². The van der Waals surface area contributed by atoms with E-state index in [-0.39, 0.29) is 11.3 Å². The van der Waals surface area contributed by atoms with Gasteiger partial charge in [-0.15, -0.1) is 0 Å². The zero-order valence-electron chi connectivity index (χ0n) is 18.9. The molecule has 11 heteroatoms. The number of halogens is 4. The highest BCUT2D eigenvalue weighted by molar-refractivity contribution is 6.31. The summed E-state index contributed by atoms with van der Waals surface area (Å²) in [4.78, 5) is 37.6. The first-order chi connectivity index (χ1) is 17.0. The first kappa shape index (κ1) is 26.6. The van der Waals surface area contributed by atoms with E-state index in [9.17, 15) is 27.6 Å². The van der Waals surface area contributed by atoms with Crippen LogP contribution in [0.1, 0.15) is 27.5 Å². The van der Waals surface area contributed by atoms with Crippen molar-refractivity contribution in [3.8, 4) is 0 Å². The Hall–Kier alpha value is -4.05. The van der Waals surface area contributed by atoms with E-state index in [0.717, 1.165) is 5.56 Å². The van der Waals surface area contributed by atoms with E-state index < -0.39 is 36.6 Å². The van der Waals surface area contributed by atoms with Crippen LogP contribution in [0.3, 0.4) is 0 Å². The van der Waals surface area contributed by atoms with E-state index >= 15 is 0 Å². The zero-order valence-corrected chi connectivity index (χ0v) is 19.7. The Morgan fingerprint density at radius 3 is 2.14 bits per heavy atom. The fraction of sp³-hybridized carbons (Fsp3) is 0.160. The van der Waals surface area contributed by atoms with E-state index in [1.807, 2.05) is 6.92 Å². The fourth-order valence-electron chi connectivity index (χ4n) is 3.11. The molecule has 3 rings (SSSR count). The minimum atomic E-state index is -4.54. The van der Waals surface area contributed by atoms with Crippen molar-refractivity contribution in [3.05, 3.63) is 94.5 Å². The van der Waals surface area contributed by atoms with Crippen LogP contribution in [0.15, 0.2) is 72.8 Å². The third-order valence-corrected chi connectivity index (χ3v) is 5.37. The molecule has 0 radical (unpaired) electrons. The number of carbonyl (C=O) groups excluding carboxylic acids is 3. The van der Waals surface area contributed by atoms with Crippen molar-refractivity contribution < 1.29 is 27.6 Å². The van der Waals surface area contributed by atoms with Gasteiger partial charge >= 0.3 is 12.2 Å². The number of amides is 4. The third-order valence-electron chi connectivity index (χ3n) is 4.96. The molecule has 0 saturated heterocycles. The van der Waals surface area contributed by atoms with Gasteiger partial charge in [-0.1, -0.05) is 48.0 Å². The molecule has 188 valence electrons. The minimum absolute atomic E-state index is 0.170. The maximum absolute atomic E-state index is 13.1. The predicted octanol–water partition coefficient (Wildman–Crippen LogP) is 5.44. The van der Waals surface area contributed by atoms with Gasteiger partial charge in [0.15, 0.2) is 0 Å². The van der Waals surface area contributed by atoms with E-state index in [0.29, 0.717) is 16.3 Å². The second-order valence-corrected chi connectivity index (χ2v) is 8.18. The molecule has 0 bridgehead atoms. The summed E-state index contributed by atoms with van der Waals surface area (Å²) in [5, 5.41) is 9.84. The molecule has 0 aliphatic rings. The van der Waals surface area contributed by atoms with Crippen molar-refractivity contribution in [2.45, 2.75) is 19.1 Å². The summed E-state index contributed by atoms with van der Waals surface area (Å²) in [7, 11) is 0. The molecular weight excluding hydrogens is 497 g/mol. The molecule has 0 spiro atoms. The summed E-state index contributed by atoms with van der Waals surface area (Å²) >= 11 is 6.14. The van der Waals surface area contributed by atoms with Crippen LogP contribution in [-0.2, 0) is 4.79 Å². The Labute approximate surface area is 210 Å². The highest BCUT2D eigenvalue weighted by Crippen LogP contribution is 2.22. The number of alkyl halides is 3. The Morgan fingerprint density at radius 2 is 1.53 bits per heavy atom. The monoisotopic (exact) mass is 518 g/mol. The standard InChI is InChI=1S/C25H22ClF3N4O3/c1-15-7-10-19(13-20(15)26)31-23(35)21(16-5-3-2-4-6-16)33-22(34)17-8-11-18(12-9-17)32-24(36)30-14-25(27,28)29/h2-13,21H,14H2,1H3,(H,31,35)(H,33,34)(H2,30,32,36). The van der Waals surface area contributed by atoms with Crippen molar-refractivity contribution in [3.63, 3.8) is 0 Å². The molecule has 4 N–H and O–H groups in total. The molecule has 1 atom stereocenters. The Balaban J connectivity index is 1.70. The number of rotatable bonds is 7. The lowest BCUT2D eigenvalue weighted by Gasteiger charge is -2.19. The van der Waals surface area contributed by atoms with E-state index in [1.165, 1.54) is 24.3 Å². The highest BCUT2D eigenvalue weighted by atomic mass is 35.5. The third kappa shape index (κ3) is 7.74. The van der Waals surface area contributed by atoms with Crippen molar-refractivity contribution in [2.75, 3.05) is 17.2 Å². The Bertz CT molecular complexity index is 1240. The normalized spacial score (nSPS) is 11.8. The smallest absolute Gasteiger partial charge is 0.336 e. The molecule has 0 heterocycles.